The highest BCUT2D eigenvalue weighted by Gasteiger charge is 2.51. The molecule has 0 radical (unpaired) electrons. The minimum Gasteiger partial charge on any atom is -0.481 e. The van der Waals surface area contributed by atoms with Crippen molar-refractivity contribution in [1.29, 1.82) is 0 Å². The molecule has 6 heteroatoms. The molecule has 3 aromatic carbocycles. The summed E-state index contributed by atoms with van der Waals surface area (Å²) in [5.74, 6) is 0.0162. The summed E-state index contributed by atoms with van der Waals surface area (Å²) >= 11 is 0. The van der Waals surface area contributed by atoms with Crippen LogP contribution in [0.3, 0.4) is 0 Å². The van der Waals surface area contributed by atoms with Gasteiger partial charge in [-0.05, 0) is 55.4 Å². The van der Waals surface area contributed by atoms with Gasteiger partial charge in [-0.1, -0.05) is 84.0 Å². The van der Waals surface area contributed by atoms with E-state index < -0.39 is 11.4 Å². The molecule has 38 heavy (non-hydrogen) atoms. The minimum atomic E-state index is -0.744. The molecule has 1 fully saturated rings. The first-order chi connectivity index (χ1) is 18.3. The van der Waals surface area contributed by atoms with Crippen LogP contribution >= 0.6 is 0 Å². The van der Waals surface area contributed by atoms with Gasteiger partial charge in [0.25, 0.3) is 0 Å². The highest BCUT2D eigenvalue weighted by Crippen LogP contribution is 2.48. The number of hydrogen-bond donors (Lipinski definition) is 1. The van der Waals surface area contributed by atoms with Crippen LogP contribution in [-0.4, -0.2) is 34.1 Å². The smallest absolute Gasteiger partial charge is 0.314 e. The number of hydrogen-bond acceptors (Lipinski definition) is 4. The van der Waals surface area contributed by atoms with E-state index in [1.165, 1.54) is 0 Å². The van der Waals surface area contributed by atoms with Crippen molar-refractivity contribution in [2.45, 2.75) is 51.0 Å². The second-order valence-electron chi connectivity index (χ2n) is 10.2. The van der Waals surface area contributed by atoms with Crippen LogP contribution in [-0.2, 0) is 21.4 Å². The Morgan fingerprint density at radius 3 is 2.11 bits per heavy atom. The maximum absolute atomic E-state index is 13.0. The largest absolute Gasteiger partial charge is 0.481 e. The molecular weight excluding hydrogens is 476 g/mol. The molecule has 1 unspecified atom stereocenters. The molecule has 1 heterocycles. The van der Waals surface area contributed by atoms with E-state index in [9.17, 15) is 14.7 Å². The second-order valence-corrected chi connectivity index (χ2v) is 10.2. The van der Waals surface area contributed by atoms with Crippen molar-refractivity contribution in [2.24, 2.45) is 0 Å². The third kappa shape index (κ3) is 4.86. The van der Waals surface area contributed by atoms with Crippen LogP contribution < -0.4 is 0 Å². The number of nitrogens with zero attached hydrogens (tertiary/aromatic N) is 2. The molecule has 6 nitrogen and oxygen atoms in total. The highest BCUT2D eigenvalue weighted by atomic mass is 16.5. The maximum atomic E-state index is 13.0. The fourth-order valence-electron chi connectivity index (χ4n) is 5.04. The molecule has 0 saturated heterocycles. The number of aliphatic carboxylic acids is 1. The maximum Gasteiger partial charge on any atom is 0.314 e. The summed E-state index contributed by atoms with van der Waals surface area (Å²) in [6.07, 6.45) is 2.31. The molecule has 0 aliphatic heterocycles. The summed E-state index contributed by atoms with van der Waals surface area (Å²) in [6.45, 7) is 3.94. The lowest BCUT2D eigenvalue weighted by molar-refractivity contribution is -0.140. The average molecular weight is 509 g/mol. The number of benzene rings is 3. The summed E-state index contributed by atoms with van der Waals surface area (Å²) in [5.41, 5.74) is 5.97. The lowest BCUT2D eigenvalue weighted by Crippen LogP contribution is -2.29. The Morgan fingerprint density at radius 1 is 0.947 bits per heavy atom. The normalized spacial score (nSPS) is 14.6. The molecule has 1 atom stereocenters. The predicted octanol–water partition coefficient (Wildman–Crippen LogP) is 6.59. The molecular formula is C32H32N2O4. The SMILES string of the molecule is Cc1noc(-c2ccc(-c3ccc(C4(C(=O)O)CC4)cc3)cc2)c1CCC(=O)N(C)C(C)c1ccccc1. The lowest BCUT2D eigenvalue weighted by atomic mass is 9.93. The van der Waals surface area contributed by atoms with Crippen molar-refractivity contribution in [3.8, 4) is 22.5 Å². The molecule has 1 aliphatic rings. The first-order valence-electron chi connectivity index (χ1n) is 13.0. The topological polar surface area (TPSA) is 83.6 Å². The van der Waals surface area contributed by atoms with Crippen LogP contribution in [0.25, 0.3) is 22.5 Å². The Kier molecular flexibility index (Phi) is 6.89. The molecule has 1 amide bonds. The van der Waals surface area contributed by atoms with Gasteiger partial charge in [-0.3, -0.25) is 9.59 Å². The van der Waals surface area contributed by atoms with Crippen LogP contribution in [0.2, 0.25) is 0 Å². The van der Waals surface area contributed by atoms with Crippen LogP contribution in [0, 0.1) is 6.92 Å². The Balaban J connectivity index is 1.27. The summed E-state index contributed by atoms with van der Waals surface area (Å²) in [7, 11) is 1.85. The fraction of sp³-hybridized carbons (Fsp3) is 0.281. The molecule has 1 N–H and O–H groups in total. The zero-order valence-electron chi connectivity index (χ0n) is 22.0. The summed E-state index contributed by atoms with van der Waals surface area (Å²) in [5, 5.41) is 13.7. The molecule has 5 rings (SSSR count). The third-order valence-electron chi connectivity index (χ3n) is 7.91. The Morgan fingerprint density at radius 2 is 1.53 bits per heavy atom. The van der Waals surface area contributed by atoms with Crippen LogP contribution in [0.4, 0.5) is 0 Å². The van der Waals surface area contributed by atoms with E-state index in [0.29, 0.717) is 31.4 Å². The first-order valence-corrected chi connectivity index (χ1v) is 13.0. The van der Waals surface area contributed by atoms with E-state index in [-0.39, 0.29) is 11.9 Å². The molecule has 1 aliphatic carbocycles. The van der Waals surface area contributed by atoms with E-state index in [2.05, 4.69) is 5.16 Å². The quantitative estimate of drug-likeness (QED) is 0.276. The van der Waals surface area contributed by atoms with E-state index >= 15 is 0 Å². The zero-order chi connectivity index (χ0) is 26.9. The van der Waals surface area contributed by atoms with E-state index in [4.69, 9.17) is 4.52 Å². The molecule has 1 aromatic heterocycles. The summed E-state index contributed by atoms with van der Waals surface area (Å²) in [6, 6.07) is 25.9. The number of carbonyl (C=O) groups is 2. The van der Waals surface area contributed by atoms with Gasteiger partial charge in [0.2, 0.25) is 5.91 Å². The van der Waals surface area contributed by atoms with Crippen molar-refractivity contribution >= 4 is 11.9 Å². The number of amides is 1. The van der Waals surface area contributed by atoms with Gasteiger partial charge in [-0.25, -0.2) is 0 Å². The van der Waals surface area contributed by atoms with Crippen molar-refractivity contribution in [1.82, 2.24) is 10.1 Å². The number of aromatic nitrogens is 1. The van der Waals surface area contributed by atoms with Gasteiger partial charge in [-0.15, -0.1) is 0 Å². The van der Waals surface area contributed by atoms with Gasteiger partial charge < -0.3 is 14.5 Å². The standard InChI is InChI=1S/C32H32N2O4/c1-21-28(17-18-29(35)34(3)22(2)23-7-5-4-6-8-23)30(38-33-21)26-11-9-24(10-12-26)25-13-15-27(16-14-25)32(19-20-32)31(36)37/h4-16,22H,17-20H2,1-3H3,(H,36,37). The lowest BCUT2D eigenvalue weighted by Gasteiger charge is -2.25. The van der Waals surface area contributed by atoms with E-state index in [1.807, 2.05) is 99.8 Å². The number of aryl methyl sites for hydroxylation is 1. The monoisotopic (exact) mass is 508 g/mol. The highest BCUT2D eigenvalue weighted by molar-refractivity contribution is 5.85. The number of rotatable bonds is 9. The van der Waals surface area contributed by atoms with E-state index in [1.54, 1.807) is 4.90 Å². The minimum absolute atomic E-state index is 0.00714. The zero-order valence-corrected chi connectivity index (χ0v) is 22.0. The molecule has 4 aromatic rings. The van der Waals surface area contributed by atoms with Crippen molar-refractivity contribution in [2.75, 3.05) is 7.05 Å². The van der Waals surface area contributed by atoms with E-state index in [0.717, 1.165) is 39.1 Å². The average Bonchev–Trinajstić information content (AvgIpc) is 3.69. The number of carbonyl (C=O) groups excluding carboxylic acids is 1. The van der Waals surface area contributed by atoms with Gasteiger partial charge in [0, 0.05) is 24.6 Å². The van der Waals surface area contributed by atoms with Crippen LogP contribution in [0.15, 0.2) is 83.4 Å². The Bertz CT molecular complexity index is 1440. The molecule has 1 saturated carbocycles. The second kappa shape index (κ2) is 10.3. The summed E-state index contributed by atoms with van der Waals surface area (Å²) in [4.78, 5) is 26.4. The van der Waals surface area contributed by atoms with Gasteiger partial charge >= 0.3 is 5.97 Å². The van der Waals surface area contributed by atoms with Gasteiger partial charge in [0.05, 0.1) is 17.2 Å². The van der Waals surface area contributed by atoms with Gasteiger partial charge in [0.1, 0.15) is 0 Å². The predicted molar refractivity (Wildman–Crippen MR) is 147 cm³/mol. The van der Waals surface area contributed by atoms with Gasteiger partial charge in [0.15, 0.2) is 5.76 Å². The van der Waals surface area contributed by atoms with Crippen LogP contribution in [0.5, 0.6) is 0 Å². The molecule has 194 valence electrons. The molecule has 0 bridgehead atoms. The first kappa shape index (κ1) is 25.5. The summed E-state index contributed by atoms with van der Waals surface area (Å²) < 4.78 is 5.69. The third-order valence-corrected chi connectivity index (χ3v) is 7.91. The van der Waals surface area contributed by atoms with Crippen LogP contribution in [0.1, 0.15) is 54.6 Å². The van der Waals surface area contributed by atoms with Crippen molar-refractivity contribution in [3.05, 3.63) is 101 Å². The Hall–Kier alpha value is -4.19. The number of carboxylic acids is 1. The molecule has 0 spiro atoms. The van der Waals surface area contributed by atoms with Gasteiger partial charge in [-0.2, -0.15) is 0 Å². The fourth-order valence-corrected chi connectivity index (χ4v) is 5.04. The van der Waals surface area contributed by atoms with Crippen molar-refractivity contribution in [3.63, 3.8) is 0 Å². The Labute approximate surface area is 222 Å². The number of carboxylic acid groups (broad SMARTS) is 1. The van der Waals surface area contributed by atoms with Crippen molar-refractivity contribution < 1.29 is 19.2 Å².